The standard InChI is InChI=1S/C88H145N23O24/c1-24-45(5)64(73(126)95-50(10)76(129)111-39-29-32-57(111)72(125)103-63(44(3)4)74(127)108-85(16,17)79(132)97-48(8)67(120)99-55(34-37-59(90)115)70(123)100-54(33-36-58(89)114)69(122)98-53(43-112)40-52-30-27-26-28-31-52)102-62(118)42-93-77(130)83(12,13)109-75(128)65(46(6)25-2)104-81(134)86(18,19)107-71(124)56(35-38-60(91)116)101-80(133)87(20,21)110-82(135)88(22,23)106-68(121)49(9)94-61(117)41-92-66(119)47(7)96-78(131)84(14,15)105-51(11)113/h26-28,30-31,44-50,53-57,63-65,112H,24-25,29,32-43H2,1-23H3,(H2,89,114)(H2,90,115)(H2,91,116)(H,92,119)(H,93,130)(H,94,117)(H,95,126)(H,96,131)(H,97,132)(H,98,122)(H,99,120)(H,100,123)(H,101,133)(H,102,118)(H,103,125)(H,104,134)(H,105,113)(H,106,121)(H,107,124)(H,108,127)(H,109,128)(H,110,135). The Hall–Kier alpha value is -13.0. The van der Waals surface area contributed by atoms with Gasteiger partial charge in [-0.15, -0.1) is 0 Å². The number of amides is 1. The van der Waals surface area contributed by atoms with Crippen molar-refractivity contribution in [2.24, 2.45) is 113 Å². The number of hydrogen-bond acceptors (Lipinski definition) is 24. The molecule has 1 aromatic rings. The van der Waals surface area contributed by atoms with Gasteiger partial charge in [0.25, 0.3) is 0 Å². The van der Waals surface area contributed by atoms with Crippen LogP contribution in [0.2, 0.25) is 0 Å². The van der Waals surface area contributed by atoms with Crippen molar-refractivity contribution in [2.75, 3.05) is 26.2 Å². The quantitative estimate of drug-likeness (QED) is 0.0213. The number of carbonyl (C=O) groups excluding carboxylic acids is 1. The van der Waals surface area contributed by atoms with Crippen LogP contribution in [-0.2, 0) is 11.2 Å². The molecule has 0 saturated carbocycles. The van der Waals surface area contributed by atoms with Gasteiger partial charge in [0, 0.05) is 32.7 Å². The van der Waals surface area contributed by atoms with Gasteiger partial charge in [0.2, 0.25) is 112 Å². The van der Waals surface area contributed by atoms with Crippen LogP contribution in [-0.4, -0.2) is 390 Å². The molecule has 14 unspecified atom stereocenters. The van der Waals surface area contributed by atoms with Gasteiger partial charge in [-0.05, 0) is 173 Å². The first-order valence-corrected chi connectivity index (χ1v) is 44.1. The van der Waals surface area contributed by atoms with E-state index >= 15 is 0 Å². The number of aliphatic hydroxyl groups excluding tert-OH is 23. The predicted octanol–water partition coefficient (Wildman–Crippen LogP) is 12.9. The molecule has 1 aromatic carbocycles. The van der Waals surface area contributed by atoms with Gasteiger partial charge in [0.1, 0.15) is 113 Å². The Morgan fingerprint density at radius 1 is 0.393 bits per heavy atom. The van der Waals surface area contributed by atoms with Gasteiger partial charge in [0.05, 0.1) is 12.6 Å². The lowest BCUT2D eigenvalue weighted by Gasteiger charge is -2.27. The van der Waals surface area contributed by atoms with Crippen molar-refractivity contribution in [1.29, 1.82) is 16.2 Å². The average Bonchev–Trinajstić information content (AvgIpc) is 1.58. The van der Waals surface area contributed by atoms with Crippen LogP contribution in [0.3, 0.4) is 0 Å². The van der Waals surface area contributed by atoms with E-state index in [9.17, 15) is 122 Å². The van der Waals surface area contributed by atoms with E-state index in [-0.39, 0.29) is 51.0 Å². The zero-order valence-electron chi connectivity index (χ0n) is 81.3. The van der Waals surface area contributed by atoms with Crippen molar-refractivity contribution in [3.8, 4) is 0 Å². The number of hydrogen-bond donors (Lipinski definition) is 26. The van der Waals surface area contributed by atoms with Gasteiger partial charge in [-0.3, -0.25) is 21.0 Å². The normalized spacial score (nSPS) is 19.4. The summed E-state index contributed by atoms with van der Waals surface area (Å²) >= 11 is 0. The van der Waals surface area contributed by atoms with Crippen molar-refractivity contribution < 1.29 is 122 Å². The Morgan fingerprint density at radius 3 is 1.27 bits per heavy atom. The molecule has 1 amide bonds. The second kappa shape index (κ2) is 52.6. The van der Waals surface area contributed by atoms with Crippen molar-refractivity contribution >= 4 is 136 Å². The van der Waals surface area contributed by atoms with E-state index in [2.05, 4.69) is 94.9 Å². The van der Waals surface area contributed by atoms with Crippen molar-refractivity contribution in [2.45, 2.75) is 336 Å². The molecule has 26 N–H and O–H groups in total. The summed E-state index contributed by atoms with van der Waals surface area (Å²) in [6.45, 7) is 31.2. The predicted molar refractivity (Wildman–Crippen MR) is 530 cm³/mol. The lowest BCUT2D eigenvalue weighted by Crippen LogP contribution is -2.45. The molecule has 135 heavy (non-hydrogen) atoms. The number of benzene rings is 1. The maximum atomic E-state index is 14.3. The molecule has 756 valence electrons. The molecule has 0 aliphatic carbocycles. The molecule has 0 radical (unpaired) electrons. The highest BCUT2D eigenvalue weighted by Crippen LogP contribution is 2.28. The smallest absolute Gasteiger partial charge is 0.247 e. The van der Waals surface area contributed by atoms with Crippen LogP contribution >= 0.6 is 0 Å². The van der Waals surface area contributed by atoms with Crippen LogP contribution in [0, 0.1) is 34.0 Å². The van der Waals surface area contributed by atoms with E-state index in [4.69, 9.17) is 16.2 Å². The fourth-order valence-electron chi connectivity index (χ4n) is 12.4. The largest absolute Gasteiger partial charge is 0.497 e. The summed E-state index contributed by atoms with van der Waals surface area (Å²) in [5.41, 5.74) is -9.66. The molecule has 0 aromatic heterocycles. The number of aliphatic imine (C=N–C) groups is 19. The summed E-state index contributed by atoms with van der Waals surface area (Å²) in [5, 5.41) is 275. The van der Waals surface area contributed by atoms with E-state index in [1.54, 1.807) is 71.9 Å². The Balaban J connectivity index is 2.50. The molecule has 0 bridgehead atoms. The van der Waals surface area contributed by atoms with E-state index in [1.165, 1.54) is 123 Å². The topological polar surface area (TPSA) is 792 Å². The summed E-state index contributed by atoms with van der Waals surface area (Å²) in [6.07, 6.45) is -0.754. The van der Waals surface area contributed by atoms with Gasteiger partial charge in [0.15, 0.2) is 23.6 Å². The van der Waals surface area contributed by atoms with Gasteiger partial charge >= 0.3 is 0 Å². The minimum absolute atomic E-state index is 0.0926. The second-order valence-electron chi connectivity index (χ2n) is 36.3. The maximum Gasteiger partial charge on any atom is 0.247 e. The molecular weight excluding hydrogens is 1760 g/mol. The summed E-state index contributed by atoms with van der Waals surface area (Å²) in [7, 11) is 0. The third kappa shape index (κ3) is 38.8. The number of nitrogens with one attached hydrogen (secondary N) is 3. The minimum Gasteiger partial charge on any atom is -0.497 e. The highest BCUT2D eigenvalue weighted by molar-refractivity contribution is 6.00. The van der Waals surface area contributed by atoms with Crippen molar-refractivity contribution in [1.82, 2.24) is 4.90 Å². The van der Waals surface area contributed by atoms with Crippen LogP contribution < -0.4 is 0 Å². The number of carbonyl (C=O) groups is 1. The first-order chi connectivity index (χ1) is 62.2. The lowest BCUT2D eigenvalue weighted by molar-refractivity contribution is -0.132. The molecule has 2 rings (SSSR count). The van der Waals surface area contributed by atoms with Crippen molar-refractivity contribution in [3.05, 3.63) is 35.9 Å². The SMILES string of the molecule is CCC(C)C(N=C(O)CN=C(O)C(C)(C)N=C(O)C(N=C(O)C(C)(C)N=C(O)C(CCC(=N)O)N=C(O)C(C)(C)N=C(O)C(C)(C)N=C(O)C(C)N=C(O)CN=C(O)C(C)N=C(O)C(C)(C)N=C(C)O)C(C)CC)C(O)=NC(C)C(=O)N1CCCC1C(O)=NC(C(O)=NC(C)(C)C(O)=NC(C)C(O)=NC(CCC(=N)O)C(O)=NC(CCC(=N)O)C(O)=NC(CO)Cc1ccccc1)C(C)C. The molecule has 14 atom stereocenters. The van der Waals surface area contributed by atoms with E-state index in [0.29, 0.717) is 19.3 Å². The Bertz CT molecular complexity index is 4800. The van der Waals surface area contributed by atoms with Gasteiger partial charge < -0.3 is 122 Å². The first kappa shape index (κ1) is 118. The molecule has 47 nitrogen and oxygen atoms in total. The minimum atomic E-state index is -1.88. The van der Waals surface area contributed by atoms with Crippen LogP contribution in [0.25, 0.3) is 0 Å². The fourth-order valence-corrected chi connectivity index (χ4v) is 12.4. The van der Waals surface area contributed by atoms with Crippen molar-refractivity contribution in [3.63, 3.8) is 0 Å². The number of rotatable bonds is 55. The number of nitrogens with zero attached hydrogens (tertiary/aromatic N) is 20. The molecule has 1 saturated heterocycles. The molecule has 1 fully saturated rings. The van der Waals surface area contributed by atoms with E-state index in [1.807, 2.05) is 0 Å². The maximum absolute atomic E-state index is 14.3. The van der Waals surface area contributed by atoms with E-state index < -0.39 is 286 Å². The monoisotopic (exact) mass is 1910 g/mol. The van der Waals surface area contributed by atoms with Crippen LogP contribution in [0.15, 0.2) is 125 Å². The highest BCUT2D eigenvalue weighted by atomic mass is 16.3. The third-order valence-corrected chi connectivity index (χ3v) is 21.2. The zero-order chi connectivity index (χ0) is 104. The Labute approximate surface area is 786 Å². The molecule has 1 aliphatic heterocycles. The molecule has 1 heterocycles. The summed E-state index contributed by atoms with van der Waals surface area (Å²) in [6, 6.07) is -6.72. The van der Waals surface area contributed by atoms with Gasteiger partial charge in [-0.1, -0.05) is 84.7 Å². The second-order valence-corrected chi connectivity index (χ2v) is 36.3. The Kier molecular flexibility index (Phi) is 46.0. The lowest BCUT2D eigenvalue weighted by atomic mass is 9.97. The van der Waals surface area contributed by atoms with E-state index in [0.717, 1.165) is 5.56 Å². The number of likely N-dealkylation sites (tertiary alicyclic amines) is 1. The fraction of sp³-hybridized carbons (Fsp3) is 0.670. The number of aliphatic hydroxyl groups is 23. The molecule has 1 aliphatic rings. The summed E-state index contributed by atoms with van der Waals surface area (Å²) in [5.74, 6) is -18.4. The zero-order valence-corrected chi connectivity index (χ0v) is 81.3. The molecule has 0 spiro atoms. The molecular formula is C88H145N23O24. The molecule has 47 heteroatoms. The van der Waals surface area contributed by atoms with Crippen LogP contribution in [0.4, 0.5) is 0 Å². The van der Waals surface area contributed by atoms with Gasteiger partial charge in [-0.25, -0.2) is 94.9 Å². The summed E-state index contributed by atoms with van der Waals surface area (Å²) in [4.78, 5) is 94.4. The summed E-state index contributed by atoms with van der Waals surface area (Å²) < 4.78 is 0. The highest BCUT2D eigenvalue weighted by Gasteiger charge is 2.41. The van der Waals surface area contributed by atoms with Crippen LogP contribution in [0.5, 0.6) is 0 Å². The third-order valence-electron chi connectivity index (χ3n) is 21.2. The van der Waals surface area contributed by atoms with Crippen LogP contribution in [0.1, 0.15) is 229 Å². The first-order valence-electron chi connectivity index (χ1n) is 44.1. The van der Waals surface area contributed by atoms with Gasteiger partial charge in [-0.2, -0.15) is 0 Å². The average molecular weight is 1910 g/mol. The Morgan fingerprint density at radius 2 is 0.785 bits per heavy atom.